The zero-order valence-electron chi connectivity index (χ0n) is 8.78. The highest BCUT2D eigenvalue weighted by Gasteiger charge is 2.08. The summed E-state index contributed by atoms with van der Waals surface area (Å²) in [5, 5.41) is 0. The maximum atomic E-state index is 5.76. The molecule has 1 unspecified atom stereocenters. The van der Waals surface area contributed by atoms with E-state index >= 15 is 0 Å². The second-order valence-electron chi connectivity index (χ2n) is 3.24. The first kappa shape index (κ1) is 10.4. The Bertz CT molecular complexity index is 442. The summed E-state index contributed by atoms with van der Waals surface area (Å²) in [4.78, 5) is 7.90. The Kier molecular flexibility index (Phi) is 3.28. The first-order valence-electron chi connectivity index (χ1n) is 4.99. The topological polar surface area (TPSA) is 35.0 Å². The van der Waals surface area contributed by atoms with Crippen LogP contribution in [0.25, 0.3) is 0 Å². The molecular formula is C13H12N2O. The van der Waals surface area contributed by atoms with Gasteiger partial charge in [0.05, 0.1) is 0 Å². The van der Waals surface area contributed by atoms with Gasteiger partial charge < -0.3 is 4.74 Å². The predicted octanol–water partition coefficient (Wildman–Crippen LogP) is 2.78. The zero-order chi connectivity index (χ0) is 11.2. The second-order valence-corrected chi connectivity index (χ2v) is 3.24. The summed E-state index contributed by atoms with van der Waals surface area (Å²) in [7, 11) is 0. The van der Waals surface area contributed by atoms with E-state index in [1.165, 1.54) is 0 Å². The molecule has 3 nitrogen and oxygen atoms in total. The Hall–Kier alpha value is -2.16. The van der Waals surface area contributed by atoms with Gasteiger partial charge in [-0.15, -0.1) is 0 Å². The van der Waals surface area contributed by atoms with E-state index in [4.69, 9.17) is 4.74 Å². The first-order valence-corrected chi connectivity index (χ1v) is 4.99. The van der Waals surface area contributed by atoms with Crippen LogP contribution in [0.15, 0.2) is 61.7 Å². The maximum absolute atomic E-state index is 5.76. The molecule has 0 bridgehead atoms. The summed E-state index contributed by atoms with van der Waals surface area (Å²) in [6.45, 7) is 3.77. The summed E-state index contributed by atoms with van der Waals surface area (Å²) >= 11 is 0. The minimum Gasteiger partial charge on any atom is -0.482 e. The molecule has 80 valence electrons. The lowest BCUT2D eigenvalue weighted by atomic mass is 10.1. The highest BCUT2D eigenvalue weighted by molar-refractivity contribution is 5.23. The molecule has 2 rings (SSSR count). The van der Waals surface area contributed by atoms with E-state index in [1.54, 1.807) is 30.9 Å². The Labute approximate surface area is 94.4 Å². The monoisotopic (exact) mass is 212 g/mol. The molecule has 2 aromatic rings. The van der Waals surface area contributed by atoms with Gasteiger partial charge in [0.1, 0.15) is 11.9 Å². The first-order chi connectivity index (χ1) is 7.90. The Morgan fingerprint density at radius 1 is 1.00 bits per heavy atom. The van der Waals surface area contributed by atoms with Crippen LogP contribution in [0.2, 0.25) is 0 Å². The molecule has 1 atom stereocenters. The van der Waals surface area contributed by atoms with Gasteiger partial charge in [0.25, 0.3) is 0 Å². The van der Waals surface area contributed by atoms with Crippen LogP contribution in [0.3, 0.4) is 0 Å². The lowest BCUT2D eigenvalue weighted by Crippen LogP contribution is -2.04. The fourth-order valence-corrected chi connectivity index (χ4v) is 1.37. The SMILES string of the molecule is C=CC(Oc1ccncc1)c1ccncc1. The van der Waals surface area contributed by atoms with Crippen molar-refractivity contribution in [3.05, 3.63) is 67.3 Å². The van der Waals surface area contributed by atoms with Crippen LogP contribution in [-0.4, -0.2) is 9.97 Å². The van der Waals surface area contributed by atoms with Crippen molar-refractivity contribution in [3.8, 4) is 5.75 Å². The normalized spacial score (nSPS) is 11.8. The maximum Gasteiger partial charge on any atom is 0.142 e. The summed E-state index contributed by atoms with van der Waals surface area (Å²) in [6, 6.07) is 7.45. The van der Waals surface area contributed by atoms with Crippen LogP contribution >= 0.6 is 0 Å². The van der Waals surface area contributed by atoms with Crippen LogP contribution in [0, 0.1) is 0 Å². The van der Waals surface area contributed by atoms with E-state index in [0.717, 1.165) is 11.3 Å². The van der Waals surface area contributed by atoms with E-state index in [0.29, 0.717) is 0 Å². The fourth-order valence-electron chi connectivity index (χ4n) is 1.37. The van der Waals surface area contributed by atoms with Gasteiger partial charge in [0.15, 0.2) is 0 Å². The standard InChI is InChI=1S/C13H12N2O/c1-2-13(11-3-7-14-8-4-11)16-12-5-9-15-10-6-12/h2-10,13H,1H2. The van der Waals surface area contributed by atoms with E-state index < -0.39 is 0 Å². The minimum atomic E-state index is -0.162. The largest absolute Gasteiger partial charge is 0.482 e. The second kappa shape index (κ2) is 5.07. The van der Waals surface area contributed by atoms with Crippen molar-refractivity contribution >= 4 is 0 Å². The Morgan fingerprint density at radius 2 is 1.56 bits per heavy atom. The molecular weight excluding hydrogens is 200 g/mol. The van der Waals surface area contributed by atoms with Crippen molar-refractivity contribution in [2.24, 2.45) is 0 Å². The smallest absolute Gasteiger partial charge is 0.142 e. The van der Waals surface area contributed by atoms with Crippen LogP contribution < -0.4 is 4.74 Å². The van der Waals surface area contributed by atoms with Gasteiger partial charge in [-0.25, -0.2) is 0 Å². The molecule has 0 amide bonds. The van der Waals surface area contributed by atoms with Crippen LogP contribution in [0.5, 0.6) is 5.75 Å². The Morgan fingerprint density at radius 3 is 2.12 bits per heavy atom. The van der Waals surface area contributed by atoms with Crippen molar-refractivity contribution in [1.82, 2.24) is 9.97 Å². The molecule has 0 N–H and O–H groups in total. The summed E-state index contributed by atoms with van der Waals surface area (Å²) < 4.78 is 5.76. The van der Waals surface area contributed by atoms with E-state index in [1.807, 2.05) is 24.3 Å². The summed E-state index contributed by atoms with van der Waals surface area (Å²) in [5.74, 6) is 0.775. The third-order valence-corrected chi connectivity index (χ3v) is 2.16. The molecule has 2 heterocycles. The van der Waals surface area contributed by atoms with Gasteiger partial charge in [-0.05, 0) is 35.9 Å². The van der Waals surface area contributed by atoms with Gasteiger partial charge in [0.2, 0.25) is 0 Å². The van der Waals surface area contributed by atoms with Crippen molar-refractivity contribution < 1.29 is 4.74 Å². The number of aromatic nitrogens is 2. The summed E-state index contributed by atoms with van der Waals surface area (Å²) in [6.07, 6.45) is 8.47. The third-order valence-electron chi connectivity index (χ3n) is 2.16. The molecule has 16 heavy (non-hydrogen) atoms. The molecule has 0 fully saturated rings. The van der Waals surface area contributed by atoms with Crippen molar-refractivity contribution in [2.75, 3.05) is 0 Å². The van der Waals surface area contributed by atoms with Gasteiger partial charge in [-0.3, -0.25) is 9.97 Å². The Balaban J connectivity index is 2.16. The highest BCUT2D eigenvalue weighted by Crippen LogP contribution is 2.21. The van der Waals surface area contributed by atoms with Crippen molar-refractivity contribution in [2.45, 2.75) is 6.10 Å². The number of hydrogen-bond acceptors (Lipinski definition) is 3. The number of nitrogens with zero attached hydrogens (tertiary/aromatic N) is 2. The highest BCUT2D eigenvalue weighted by atomic mass is 16.5. The molecule has 0 aromatic carbocycles. The lowest BCUT2D eigenvalue weighted by molar-refractivity contribution is 0.255. The van der Waals surface area contributed by atoms with Crippen LogP contribution in [0.4, 0.5) is 0 Å². The minimum absolute atomic E-state index is 0.162. The van der Waals surface area contributed by atoms with Gasteiger partial charge in [-0.1, -0.05) is 6.58 Å². The molecule has 0 radical (unpaired) electrons. The average molecular weight is 212 g/mol. The van der Waals surface area contributed by atoms with Gasteiger partial charge in [0, 0.05) is 24.8 Å². The zero-order valence-corrected chi connectivity index (χ0v) is 8.78. The lowest BCUT2D eigenvalue weighted by Gasteiger charge is -2.15. The molecule has 0 aliphatic rings. The summed E-state index contributed by atoms with van der Waals surface area (Å²) in [5.41, 5.74) is 1.03. The quantitative estimate of drug-likeness (QED) is 0.731. The van der Waals surface area contributed by atoms with E-state index in [2.05, 4.69) is 16.5 Å². The van der Waals surface area contributed by atoms with Crippen molar-refractivity contribution in [3.63, 3.8) is 0 Å². The number of ether oxygens (including phenoxy) is 1. The van der Waals surface area contributed by atoms with Crippen LogP contribution in [-0.2, 0) is 0 Å². The molecule has 0 aliphatic carbocycles. The van der Waals surface area contributed by atoms with E-state index in [-0.39, 0.29) is 6.10 Å². The van der Waals surface area contributed by atoms with Gasteiger partial charge in [-0.2, -0.15) is 0 Å². The molecule has 3 heteroatoms. The van der Waals surface area contributed by atoms with Crippen LogP contribution in [0.1, 0.15) is 11.7 Å². The fraction of sp³-hybridized carbons (Fsp3) is 0.0769. The van der Waals surface area contributed by atoms with Gasteiger partial charge >= 0.3 is 0 Å². The third kappa shape index (κ3) is 2.45. The number of hydrogen-bond donors (Lipinski definition) is 0. The predicted molar refractivity (Wildman–Crippen MR) is 62.0 cm³/mol. The van der Waals surface area contributed by atoms with E-state index in [9.17, 15) is 0 Å². The molecule has 0 spiro atoms. The molecule has 0 saturated heterocycles. The molecule has 0 saturated carbocycles. The average Bonchev–Trinajstić information content (AvgIpc) is 2.38. The molecule has 2 aromatic heterocycles. The number of pyridine rings is 2. The van der Waals surface area contributed by atoms with Crippen molar-refractivity contribution in [1.29, 1.82) is 0 Å². The number of rotatable bonds is 4. The molecule has 0 aliphatic heterocycles.